The maximum Gasteiger partial charge on any atom is 0.335 e. The van der Waals surface area contributed by atoms with Gasteiger partial charge in [-0.1, -0.05) is 23.7 Å². The predicted octanol–water partition coefficient (Wildman–Crippen LogP) is 4.00. The monoisotopic (exact) mass is 399 g/mol. The fourth-order valence-electron chi connectivity index (χ4n) is 2.97. The minimum absolute atomic E-state index is 0.118. The standard InChI is InChI=1S/C19H14ClN3O3S/c20-13-5-7-14(8-6-13)23-10-21-18-16(23)17(27-9-15(24)22-18)11-1-3-12(4-2-11)19(25)26/h1-8,10,17H,9H2,(H,22,24)(H,25,26)/t17-/m0/s1. The van der Waals surface area contributed by atoms with E-state index in [0.717, 1.165) is 16.9 Å². The first-order valence-electron chi connectivity index (χ1n) is 8.11. The summed E-state index contributed by atoms with van der Waals surface area (Å²) in [6.45, 7) is 0. The summed E-state index contributed by atoms with van der Waals surface area (Å²) in [6.07, 6.45) is 1.67. The van der Waals surface area contributed by atoms with Crippen molar-refractivity contribution in [2.45, 2.75) is 5.25 Å². The van der Waals surface area contributed by atoms with E-state index in [0.29, 0.717) is 10.8 Å². The number of thioether (sulfide) groups is 1. The van der Waals surface area contributed by atoms with Gasteiger partial charge in [-0.25, -0.2) is 9.78 Å². The van der Waals surface area contributed by atoms with Gasteiger partial charge in [0.25, 0.3) is 0 Å². The molecule has 1 aromatic heterocycles. The van der Waals surface area contributed by atoms with Crippen LogP contribution >= 0.6 is 23.4 Å². The summed E-state index contributed by atoms with van der Waals surface area (Å²) in [5.74, 6) is -0.305. The second-order valence-electron chi connectivity index (χ2n) is 5.99. The molecule has 1 aliphatic heterocycles. The third kappa shape index (κ3) is 3.43. The van der Waals surface area contributed by atoms with Crippen LogP contribution in [0.15, 0.2) is 54.9 Å². The third-order valence-electron chi connectivity index (χ3n) is 4.26. The first-order chi connectivity index (χ1) is 13.0. The molecular weight excluding hydrogens is 386 g/mol. The average molecular weight is 400 g/mol. The predicted molar refractivity (Wildman–Crippen MR) is 105 cm³/mol. The Morgan fingerprint density at radius 1 is 1.19 bits per heavy atom. The first kappa shape index (κ1) is 17.6. The zero-order valence-electron chi connectivity index (χ0n) is 13.9. The molecule has 4 rings (SSSR count). The molecule has 0 unspecified atom stereocenters. The molecule has 0 radical (unpaired) electrons. The number of hydrogen-bond acceptors (Lipinski definition) is 4. The van der Waals surface area contributed by atoms with Gasteiger partial charge in [-0.15, -0.1) is 11.8 Å². The third-order valence-corrected chi connectivity index (χ3v) is 5.77. The number of nitrogens with zero attached hydrogens (tertiary/aromatic N) is 2. The van der Waals surface area contributed by atoms with Crippen molar-refractivity contribution in [1.82, 2.24) is 9.55 Å². The molecular formula is C19H14ClN3O3S. The molecule has 2 N–H and O–H groups in total. The van der Waals surface area contributed by atoms with Crippen LogP contribution in [0.5, 0.6) is 0 Å². The van der Waals surface area contributed by atoms with Gasteiger partial charge in [0.2, 0.25) is 5.91 Å². The second kappa shape index (κ2) is 7.09. The summed E-state index contributed by atoms with van der Waals surface area (Å²) in [4.78, 5) is 27.6. The fraction of sp³-hybridized carbons (Fsp3) is 0.105. The van der Waals surface area contributed by atoms with E-state index in [2.05, 4.69) is 10.3 Å². The van der Waals surface area contributed by atoms with Crippen molar-refractivity contribution < 1.29 is 14.7 Å². The highest BCUT2D eigenvalue weighted by atomic mass is 35.5. The van der Waals surface area contributed by atoms with Gasteiger partial charge in [-0.05, 0) is 42.0 Å². The summed E-state index contributed by atoms with van der Waals surface area (Å²) in [7, 11) is 0. The van der Waals surface area contributed by atoms with Crippen molar-refractivity contribution in [3.8, 4) is 5.69 Å². The highest BCUT2D eigenvalue weighted by Crippen LogP contribution is 2.42. The molecule has 0 saturated heterocycles. The van der Waals surface area contributed by atoms with Crippen LogP contribution in [-0.4, -0.2) is 32.3 Å². The highest BCUT2D eigenvalue weighted by Gasteiger charge is 2.29. The van der Waals surface area contributed by atoms with E-state index in [-0.39, 0.29) is 22.5 Å². The Morgan fingerprint density at radius 2 is 1.89 bits per heavy atom. The molecule has 8 heteroatoms. The molecule has 1 atom stereocenters. The smallest absolute Gasteiger partial charge is 0.335 e. The lowest BCUT2D eigenvalue weighted by Crippen LogP contribution is -2.12. The number of carboxylic acids is 1. The molecule has 2 aromatic carbocycles. The number of imidazole rings is 1. The number of nitrogens with one attached hydrogen (secondary N) is 1. The number of carbonyl (C=O) groups is 2. The number of benzene rings is 2. The molecule has 27 heavy (non-hydrogen) atoms. The van der Waals surface area contributed by atoms with E-state index in [9.17, 15) is 9.59 Å². The normalized spacial score (nSPS) is 16.3. The van der Waals surface area contributed by atoms with Crippen molar-refractivity contribution in [3.63, 3.8) is 0 Å². The minimum atomic E-state index is -0.973. The number of hydrogen-bond donors (Lipinski definition) is 2. The number of anilines is 1. The summed E-state index contributed by atoms with van der Waals surface area (Å²) in [6, 6.07) is 14.0. The number of rotatable bonds is 3. The number of halogens is 1. The number of carboxylic acid groups (broad SMARTS) is 1. The number of amides is 1. The molecule has 1 aliphatic rings. The Labute approximate surface area is 164 Å². The lowest BCUT2D eigenvalue weighted by Gasteiger charge is -2.18. The Bertz CT molecular complexity index is 1020. The molecule has 0 aliphatic carbocycles. The molecule has 6 nitrogen and oxygen atoms in total. The van der Waals surface area contributed by atoms with Gasteiger partial charge in [0.15, 0.2) is 5.82 Å². The number of aromatic carboxylic acids is 1. The summed E-state index contributed by atoms with van der Waals surface area (Å²) in [5.41, 5.74) is 2.82. The van der Waals surface area contributed by atoms with Crippen LogP contribution in [-0.2, 0) is 4.79 Å². The zero-order chi connectivity index (χ0) is 19.0. The number of fused-ring (bicyclic) bond motifs is 1. The van der Waals surface area contributed by atoms with Crippen LogP contribution in [0.4, 0.5) is 5.82 Å². The van der Waals surface area contributed by atoms with E-state index >= 15 is 0 Å². The maximum absolute atomic E-state index is 12.1. The van der Waals surface area contributed by atoms with E-state index in [4.69, 9.17) is 16.7 Å². The molecule has 3 aromatic rings. The SMILES string of the molecule is O=C1CS[C@@H](c2ccc(C(=O)O)cc2)c2c(ncn2-c2ccc(Cl)cc2)N1. The van der Waals surface area contributed by atoms with Crippen molar-refractivity contribution in [3.05, 3.63) is 76.7 Å². The fourth-order valence-corrected chi connectivity index (χ4v) is 4.22. The Kier molecular flexibility index (Phi) is 4.63. The Balaban J connectivity index is 1.82. The van der Waals surface area contributed by atoms with Crippen LogP contribution in [0.25, 0.3) is 5.69 Å². The van der Waals surface area contributed by atoms with Gasteiger partial charge in [0, 0.05) is 10.7 Å². The topological polar surface area (TPSA) is 84.2 Å². The van der Waals surface area contributed by atoms with Crippen LogP contribution in [0.1, 0.15) is 26.9 Å². The van der Waals surface area contributed by atoms with E-state index in [1.807, 2.05) is 16.7 Å². The summed E-state index contributed by atoms with van der Waals surface area (Å²) < 4.78 is 1.92. The average Bonchev–Trinajstić information content (AvgIpc) is 2.98. The highest BCUT2D eigenvalue weighted by molar-refractivity contribution is 8.00. The summed E-state index contributed by atoms with van der Waals surface area (Å²) in [5, 5.41) is 12.4. The van der Waals surface area contributed by atoms with Crippen LogP contribution in [0, 0.1) is 0 Å². The molecule has 0 saturated carbocycles. The largest absolute Gasteiger partial charge is 0.478 e. The molecule has 136 valence electrons. The lowest BCUT2D eigenvalue weighted by atomic mass is 10.1. The molecule has 0 bridgehead atoms. The Hall–Kier alpha value is -2.77. The van der Waals surface area contributed by atoms with Crippen LogP contribution in [0.2, 0.25) is 5.02 Å². The second-order valence-corrected chi connectivity index (χ2v) is 7.52. The van der Waals surface area contributed by atoms with Gasteiger partial charge < -0.3 is 10.4 Å². The lowest BCUT2D eigenvalue weighted by molar-refractivity contribution is -0.113. The van der Waals surface area contributed by atoms with Gasteiger partial charge in [-0.3, -0.25) is 9.36 Å². The Morgan fingerprint density at radius 3 is 2.56 bits per heavy atom. The molecule has 1 amide bonds. The maximum atomic E-state index is 12.1. The quantitative estimate of drug-likeness (QED) is 0.695. The van der Waals surface area contributed by atoms with Gasteiger partial charge >= 0.3 is 5.97 Å². The van der Waals surface area contributed by atoms with Gasteiger partial charge in [0.05, 0.1) is 22.3 Å². The molecule has 0 fully saturated rings. The number of aromatic nitrogens is 2. The molecule has 0 spiro atoms. The minimum Gasteiger partial charge on any atom is -0.478 e. The van der Waals surface area contributed by atoms with E-state index in [1.54, 1.807) is 42.7 Å². The van der Waals surface area contributed by atoms with Gasteiger partial charge in [-0.2, -0.15) is 0 Å². The van der Waals surface area contributed by atoms with Crippen molar-refractivity contribution >= 4 is 41.1 Å². The first-order valence-corrected chi connectivity index (χ1v) is 9.53. The molecule has 2 heterocycles. The van der Waals surface area contributed by atoms with Crippen LogP contribution < -0.4 is 5.32 Å². The van der Waals surface area contributed by atoms with Crippen molar-refractivity contribution in [1.29, 1.82) is 0 Å². The van der Waals surface area contributed by atoms with Crippen molar-refractivity contribution in [2.24, 2.45) is 0 Å². The van der Waals surface area contributed by atoms with E-state index in [1.165, 1.54) is 11.8 Å². The zero-order valence-corrected chi connectivity index (χ0v) is 15.5. The van der Waals surface area contributed by atoms with Crippen molar-refractivity contribution in [2.75, 3.05) is 11.1 Å². The van der Waals surface area contributed by atoms with Crippen LogP contribution in [0.3, 0.4) is 0 Å². The van der Waals surface area contributed by atoms with Gasteiger partial charge in [0.1, 0.15) is 6.33 Å². The van der Waals surface area contributed by atoms with E-state index < -0.39 is 5.97 Å². The number of carbonyl (C=O) groups excluding carboxylic acids is 1. The summed E-state index contributed by atoms with van der Waals surface area (Å²) >= 11 is 7.47.